The highest BCUT2D eigenvalue weighted by atomic mass is 16.3. The minimum atomic E-state index is -1.07. The molecule has 2 amide bonds. The van der Waals surface area contributed by atoms with E-state index in [1.807, 2.05) is 6.92 Å². The predicted octanol–water partition coefficient (Wildman–Crippen LogP) is 2.21. The lowest BCUT2D eigenvalue weighted by Crippen LogP contribution is -2.51. The fraction of sp³-hybridized carbons (Fsp3) is 0.667. The molecular formula is C18H30N2O3. The Balaban J connectivity index is 2.56. The van der Waals surface area contributed by atoms with E-state index in [4.69, 9.17) is 0 Å². The lowest BCUT2D eigenvalue weighted by molar-refractivity contribution is -0.125. The van der Waals surface area contributed by atoms with Crippen molar-refractivity contribution in [3.63, 3.8) is 0 Å². The zero-order chi connectivity index (χ0) is 17.5. The molecule has 1 aliphatic heterocycles. The van der Waals surface area contributed by atoms with E-state index in [0.29, 0.717) is 32.1 Å². The molecule has 5 nitrogen and oxygen atoms in total. The Morgan fingerprint density at radius 1 is 1.48 bits per heavy atom. The first kappa shape index (κ1) is 19.4. The lowest BCUT2D eigenvalue weighted by atomic mass is 9.87. The number of hydrogen-bond acceptors (Lipinski definition) is 3. The number of nitrogens with one attached hydrogen (secondary N) is 2. The van der Waals surface area contributed by atoms with Crippen LogP contribution in [0.1, 0.15) is 58.8 Å². The van der Waals surface area contributed by atoms with Crippen molar-refractivity contribution < 1.29 is 14.7 Å². The maximum absolute atomic E-state index is 12.2. The molecular weight excluding hydrogens is 292 g/mol. The highest BCUT2D eigenvalue weighted by molar-refractivity contribution is 5.80. The van der Waals surface area contributed by atoms with Gasteiger partial charge in [0.2, 0.25) is 11.8 Å². The zero-order valence-corrected chi connectivity index (χ0v) is 14.4. The minimum absolute atomic E-state index is 0.0620. The smallest absolute Gasteiger partial charge is 0.220 e. The van der Waals surface area contributed by atoms with Crippen molar-refractivity contribution in [2.75, 3.05) is 0 Å². The summed E-state index contributed by atoms with van der Waals surface area (Å²) in [5, 5.41) is 16.5. The molecule has 2 atom stereocenters. The number of carbonyl (C=O) groups is 2. The summed E-state index contributed by atoms with van der Waals surface area (Å²) >= 11 is 0. The van der Waals surface area contributed by atoms with Gasteiger partial charge in [0.15, 0.2) is 0 Å². The first-order valence-electron chi connectivity index (χ1n) is 8.35. The van der Waals surface area contributed by atoms with Crippen LogP contribution in [0.2, 0.25) is 0 Å². The van der Waals surface area contributed by atoms with Gasteiger partial charge in [0.1, 0.15) is 0 Å². The normalized spacial score (nSPS) is 22.3. The van der Waals surface area contributed by atoms with Gasteiger partial charge in [0.05, 0.1) is 11.6 Å². The third-order valence-electron chi connectivity index (χ3n) is 4.92. The molecule has 0 spiro atoms. The Bertz CT molecular complexity index is 451. The summed E-state index contributed by atoms with van der Waals surface area (Å²) in [5.41, 5.74) is -1.32. The van der Waals surface area contributed by atoms with E-state index in [2.05, 4.69) is 23.8 Å². The summed E-state index contributed by atoms with van der Waals surface area (Å²) in [6.45, 7) is 11.1. The molecule has 0 unspecified atom stereocenters. The Morgan fingerprint density at radius 2 is 2.09 bits per heavy atom. The number of carbonyl (C=O) groups excluding carboxylic acids is 2. The Labute approximate surface area is 139 Å². The number of hydrogen-bond donors (Lipinski definition) is 3. The molecule has 5 heteroatoms. The number of aliphatic hydroxyl groups is 1. The molecule has 0 aromatic rings. The molecule has 0 aromatic heterocycles. The van der Waals surface area contributed by atoms with Gasteiger partial charge in [0, 0.05) is 18.4 Å². The average Bonchev–Trinajstić information content (AvgIpc) is 2.88. The molecule has 1 saturated heterocycles. The Kier molecular flexibility index (Phi) is 7.01. The van der Waals surface area contributed by atoms with Gasteiger partial charge in [-0.25, -0.2) is 0 Å². The maximum Gasteiger partial charge on any atom is 0.220 e. The summed E-state index contributed by atoms with van der Waals surface area (Å²) in [4.78, 5) is 23.7. The van der Waals surface area contributed by atoms with Crippen molar-refractivity contribution in [2.24, 2.45) is 0 Å². The van der Waals surface area contributed by atoms with E-state index in [0.717, 1.165) is 12.8 Å². The molecule has 0 aliphatic carbocycles. The van der Waals surface area contributed by atoms with Gasteiger partial charge in [-0.05, 0) is 39.0 Å². The molecule has 1 fully saturated rings. The fourth-order valence-corrected chi connectivity index (χ4v) is 3.14. The number of amides is 2. The monoisotopic (exact) mass is 322 g/mol. The first-order chi connectivity index (χ1) is 10.8. The fourth-order valence-electron chi connectivity index (χ4n) is 3.14. The molecule has 3 N–H and O–H groups in total. The Morgan fingerprint density at radius 3 is 2.52 bits per heavy atom. The van der Waals surface area contributed by atoms with Crippen LogP contribution in [-0.4, -0.2) is 34.1 Å². The van der Waals surface area contributed by atoms with Crippen molar-refractivity contribution in [1.82, 2.24) is 10.6 Å². The van der Waals surface area contributed by atoms with Crippen LogP contribution in [0.3, 0.4) is 0 Å². The van der Waals surface area contributed by atoms with Crippen LogP contribution in [-0.2, 0) is 9.59 Å². The largest absolute Gasteiger partial charge is 0.387 e. The predicted molar refractivity (Wildman–Crippen MR) is 91.8 cm³/mol. The summed E-state index contributed by atoms with van der Waals surface area (Å²) in [7, 11) is 0. The van der Waals surface area contributed by atoms with Gasteiger partial charge in [-0.2, -0.15) is 0 Å². The summed E-state index contributed by atoms with van der Waals surface area (Å²) in [6, 6.07) is -0.401. The lowest BCUT2D eigenvalue weighted by Gasteiger charge is -2.33. The van der Waals surface area contributed by atoms with Gasteiger partial charge in [0.25, 0.3) is 0 Å². The van der Waals surface area contributed by atoms with E-state index < -0.39 is 11.6 Å². The average molecular weight is 322 g/mol. The highest BCUT2D eigenvalue weighted by Crippen LogP contribution is 2.28. The standard InChI is InChI=1S/C18H30N2O3/c1-5-10-18(23,11-6-2)14(4)19-15(21)8-12-17(7-3)13-9-16(22)20-17/h5-6,14,23H,1-2,7-13H2,3-4H3,(H,19,21)(H,20,22)/t14-,17+/m1/s1. The van der Waals surface area contributed by atoms with Gasteiger partial charge < -0.3 is 15.7 Å². The van der Waals surface area contributed by atoms with Gasteiger partial charge >= 0.3 is 0 Å². The molecule has 1 aliphatic rings. The van der Waals surface area contributed by atoms with E-state index in [9.17, 15) is 14.7 Å². The summed E-state index contributed by atoms with van der Waals surface area (Å²) in [6.07, 6.45) is 7.14. The first-order valence-corrected chi connectivity index (χ1v) is 8.35. The van der Waals surface area contributed by atoms with E-state index in [-0.39, 0.29) is 17.4 Å². The topological polar surface area (TPSA) is 78.4 Å². The molecule has 0 radical (unpaired) electrons. The van der Waals surface area contributed by atoms with Crippen LogP contribution in [0, 0.1) is 0 Å². The van der Waals surface area contributed by atoms with E-state index >= 15 is 0 Å². The summed E-state index contributed by atoms with van der Waals surface area (Å²) < 4.78 is 0. The van der Waals surface area contributed by atoms with Crippen LogP contribution < -0.4 is 10.6 Å². The van der Waals surface area contributed by atoms with Gasteiger partial charge in [-0.1, -0.05) is 19.1 Å². The van der Waals surface area contributed by atoms with Crippen LogP contribution in [0.5, 0.6) is 0 Å². The molecule has 0 aromatic carbocycles. The van der Waals surface area contributed by atoms with Crippen LogP contribution in [0.25, 0.3) is 0 Å². The maximum atomic E-state index is 12.2. The summed E-state index contributed by atoms with van der Waals surface area (Å²) in [5.74, 6) is -0.0509. The van der Waals surface area contributed by atoms with Gasteiger partial charge in [-0.15, -0.1) is 13.2 Å². The molecule has 23 heavy (non-hydrogen) atoms. The minimum Gasteiger partial charge on any atom is -0.387 e. The second kappa shape index (κ2) is 8.29. The number of rotatable bonds is 10. The van der Waals surface area contributed by atoms with Crippen molar-refractivity contribution >= 4 is 11.8 Å². The van der Waals surface area contributed by atoms with Crippen molar-refractivity contribution in [2.45, 2.75) is 76.0 Å². The SMILES string of the molecule is C=CCC(O)(CC=C)[C@@H](C)NC(=O)CC[C@@]1(CC)CCC(=O)N1. The quantitative estimate of drug-likeness (QED) is 0.540. The Hall–Kier alpha value is -1.62. The third-order valence-corrected chi connectivity index (χ3v) is 4.92. The molecule has 0 saturated carbocycles. The molecule has 1 rings (SSSR count). The van der Waals surface area contributed by atoms with Crippen molar-refractivity contribution in [1.29, 1.82) is 0 Å². The van der Waals surface area contributed by atoms with Crippen LogP contribution >= 0.6 is 0 Å². The van der Waals surface area contributed by atoms with E-state index in [1.54, 1.807) is 19.1 Å². The highest BCUT2D eigenvalue weighted by Gasteiger charge is 2.37. The van der Waals surface area contributed by atoms with Gasteiger partial charge in [-0.3, -0.25) is 9.59 Å². The van der Waals surface area contributed by atoms with Crippen molar-refractivity contribution in [3.05, 3.63) is 25.3 Å². The van der Waals surface area contributed by atoms with Crippen LogP contribution in [0.4, 0.5) is 0 Å². The molecule has 1 heterocycles. The second-order valence-electron chi connectivity index (χ2n) is 6.56. The second-order valence-corrected chi connectivity index (χ2v) is 6.56. The van der Waals surface area contributed by atoms with Crippen molar-refractivity contribution in [3.8, 4) is 0 Å². The van der Waals surface area contributed by atoms with E-state index in [1.165, 1.54) is 0 Å². The third kappa shape index (κ3) is 5.20. The van der Waals surface area contributed by atoms with Crippen LogP contribution in [0.15, 0.2) is 25.3 Å². The molecule has 0 bridgehead atoms. The zero-order valence-electron chi connectivity index (χ0n) is 14.4. The molecule has 130 valence electrons.